The molecule has 1 saturated heterocycles. The van der Waals surface area contributed by atoms with Gasteiger partial charge < -0.3 is 10.2 Å². The van der Waals surface area contributed by atoms with E-state index in [1.807, 2.05) is 12.4 Å². The Morgan fingerprint density at radius 3 is 3.19 bits per heavy atom. The van der Waals surface area contributed by atoms with Gasteiger partial charge in [-0.25, -0.2) is 4.99 Å². The summed E-state index contributed by atoms with van der Waals surface area (Å²) in [6, 6.07) is 8.40. The Balaban J connectivity index is 1.68. The minimum atomic E-state index is 0.789. The van der Waals surface area contributed by atoms with Gasteiger partial charge in [-0.2, -0.15) is 0 Å². The third-order valence-corrected chi connectivity index (χ3v) is 3.38. The second-order valence-corrected chi connectivity index (χ2v) is 4.66. The van der Waals surface area contributed by atoms with E-state index >= 15 is 0 Å². The highest BCUT2D eigenvalue weighted by Crippen LogP contribution is 2.24. The molecule has 0 aliphatic carbocycles. The van der Waals surface area contributed by atoms with E-state index in [0.717, 1.165) is 31.2 Å². The van der Waals surface area contributed by atoms with Gasteiger partial charge in [-0.1, -0.05) is 18.2 Å². The first kappa shape index (κ1) is 9.85. The van der Waals surface area contributed by atoms with E-state index in [2.05, 4.69) is 33.4 Å². The van der Waals surface area contributed by atoms with Crippen LogP contribution in [0.15, 0.2) is 29.3 Å². The first-order chi connectivity index (χ1) is 7.92. The number of benzene rings is 1. The topological polar surface area (TPSA) is 27.6 Å². The number of aliphatic imine (C=N–C) groups is 1. The van der Waals surface area contributed by atoms with Gasteiger partial charge in [-0.3, -0.25) is 0 Å². The fourth-order valence-electron chi connectivity index (χ4n) is 2.49. The van der Waals surface area contributed by atoms with Crippen molar-refractivity contribution in [2.24, 2.45) is 10.9 Å². The lowest BCUT2D eigenvalue weighted by atomic mass is 10.1. The highest BCUT2D eigenvalue weighted by atomic mass is 15.2. The summed E-state index contributed by atoms with van der Waals surface area (Å²) in [7, 11) is 0. The molecule has 0 unspecified atom stereocenters. The summed E-state index contributed by atoms with van der Waals surface area (Å²) >= 11 is 0. The summed E-state index contributed by atoms with van der Waals surface area (Å²) in [6.45, 7) is 4.47. The fourth-order valence-corrected chi connectivity index (χ4v) is 2.49. The van der Waals surface area contributed by atoms with Gasteiger partial charge in [-0.15, -0.1) is 0 Å². The van der Waals surface area contributed by atoms with Crippen molar-refractivity contribution in [2.45, 2.75) is 13.0 Å². The molecule has 1 atom stereocenters. The fraction of sp³-hybridized carbons (Fsp3) is 0.462. The number of hydrogen-bond donors (Lipinski definition) is 1. The van der Waals surface area contributed by atoms with Gasteiger partial charge in [0.2, 0.25) is 0 Å². The molecule has 1 aromatic rings. The third kappa shape index (κ3) is 1.95. The van der Waals surface area contributed by atoms with Gasteiger partial charge in [0.05, 0.1) is 12.0 Å². The first-order valence-electron chi connectivity index (χ1n) is 5.99. The molecule has 1 N–H and O–H groups in total. The monoisotopic (exact) mass is 215 g/mol. The number of para-hydroxylation sites is 1. The van der Waals surface area contributed by atoms with Gasteiger partial charge in [0.1, 0.15) is 0 Å². The molecule has 84 valence electrons. The summed E-state index contributed by atoms with van der Waals surface area (Å²) in [6.07, 6.45) is 3.30. The number of rotatable bonds is 2. The smallest absolute Gasteiger partial charge is 0.0915 e. The summed E-state index contributed by atoms with van der Waals surface area (Å²) in [5.41, 5.74) is 2.47. The summed E-state index contributed by atoms with van der Waals surface area (Å²) in [5.74, 6) is 0.789. The second-order valence-electron chi connectivity index (χ2n) is 4.66. The minimum Gasteiger partial charge on any atom is -0.358 e. The molecule has 1 aromatic carbocycles. The third-order valence-electron chi connectivity index (χ3n) is 3.38. The molecule has 0 amide bonds. The maximum absolute atomic E-state index is 4.50. The molecule has 0 saturated carbocycles. The van der Waals surface area contributed by atoms with Crippen LogP contribution in [-0.2, 0) is 6.54 Å². The molecular weight excluding hydrogens is 198 g/mol. The van der Waals surface area contributed by atoms with E-state index in [-0.39, 0.29) is 0 Å². The molecule has 2 aliphatic rings. The van der Waals surface area contributed by atoms with Crippen molar-refractivity contribution in [3.05, 3.63) is 29.8 Å². The van der Waals surface area contributed by atoms with Gasteiger partial charge in [0.15, 0.2) is 0 Å². The van der Waals surface area contributed by atoms with Crippen LogP contribution >= 0.6 is 0 Å². The van der Waals surface area contributed by atoms with Crippen LogP contribution in [-0.4, -0.2) is 30.9 Å². The number of nitrogens with zero attached hydrogens (tertiary/aromatic N) is 2. The number of nitrogens with one attached hydrogen (secondary N) is 1. The molecule has 2 aliphatic heterocycles. The minimum absolute atomic E-state index is 0.789. The highest BCUT2D eigenvalue weighted by Gasteiger charge is 2.19. The lowest BCUT2D eigenvalue weighted by Gasteiger charge is -2.26. The van der Waals surface area contributed by atoms with Gasteiger partial charge in [0, 0.05) is 13.1 Å². The quantitative estimate of drug-likeness (QED) is 0.814. The predicted octanol–water partition coefficient (Wildman–Crippen LogP) is 1.77. The van der Waals surface area contributed by atoms with Crippen LogP contribution in [0.1, 0.15) is 12.0 Å². The predicted molar refractivity (Wildman–Crippen MR) is 66.0 cm³/mol. The van der Waals surface area contributed by atoms with Gasteiger partial charge >= 0.3 is 0 Å². The Kier molecular flexibility index (Phi) is 2.62. The maximum atomic E-state index is 4.50. The number of hydrogen-bond acceptors (Lipinski definition) is 3. The van der Waals surface area contributed by atoms with Crippen LogP contribution in [0.5, 0.6) is 0 Å². The molecule has 0 aromatic heterocycles. The second kappa shape index (κ2) is 4.26. The maximum Gasteiger partial charge on any atom is 0.0915 e. The van der Waals surface area contributed by atoms with Gasteiger partial charge in [-0.05, 0) is 37.1 Å². The molecule has 3 nitrogen and oxygen atoms in total. The Morgan fingerprint density at radius 1 is 1.38 bits per heavy atom. The van der Waals surface area contributed by atoms with E-state index < -0.39 is 0 Å². The highest BCUT2D eigenvalue weighted by molar-refractivity contribution is 5.66. The lowest BCUT2D eigenvalue weighted by molar-refractivity contribution is 0.350. The van der Waals surface area contributed by atoms with Crippen molar-refractivity contribution >= 4 is 12.0 Å². The zero-order valence-electron chi connectivity index (χ0n) is 9.39. The van der Waals surface area contributed by atoms with E-state index in [1.165, 1.54) is 18.5 Å². The SMILES string of the molecule is C1=Nc2ccccc2CN1C[C@@H]1CCNC1. The summed E-state index contributed by atoms with van der Waals surface area (Å²) in [5, 5.41) is 3.41. The van der Waals surface area contributed by atoms with Crippen LogP contribution in [0.3, 0.4) is 0 Å². The molecule has 0 spiro atoms. The average Bonchev–Trinajstić information content (AvgIpc) is 2.82. The van der Waals surface area contributed by atoms with Crippen LogP contribution < -0.4 is 5.32 Å². The normalized spacial score (nSPS) is 23.5. The molecular formula is C13H17N3. The molecule has 1 fully saturated rings. The van der Waals surface area contributed by atoms with Crippen molar-refractivity contribution < 1.29 is 0 Å². The van der Waals surface area contributed by atoms with Crippen LogP contribution in [0.4, 0.5) is 5.69 Å². The van der Waals surface area contributed by atoms with Crippen LogP contribution in [0.25, 0.3) is 0 Å². The Bertz CT molecular complexity index is 394. The molecule has 0 radical (unpaired) electrons. The van der Waals surface area contributed by atoms with E-state index in [4.69, 9.17) is 0 Å². The van der Waals surface area contributed by atoms with Crippen molar-refractivity contribution in [2.75, 3.05) is 19.6 Å². The Hall–Kier alpha value is -1.35. The molecule has 16 heavy (non-hydrogen) atoms. The Morgan fingerprint density at radius 2 is 2.31 bits per heavy atom. The Labute approximate surface area is 96.2 Å². The van der Waals surface area contributed by atoms with Crippen LogP contribution in [0, 0.1) is 5.92 Å². The standard InChI is InChI=1S/C13H17N3/c1-2-4-13-12(3-1)9-16(10-15-13)8-11-5-6-14-7-11/h1-4,10-11,14H,5-9H2/t11-/m1/s1. The van der Waals surface area contributed by atoms with E-state index in [1.54, 1.807) is 0 Å². The van der Waals surface area contributed by atoms with Crippen molar-refractivity contribution in [3.63, 3.8) is 0 Å². The molecule has 2 heterocycles. The lowest BCUT2D eigenvalue weighted by Crippen LogP contribution is -2.30. The van der Waals surface area contributed by atoms with Crippen molar-refractivity contribution in [1.82, 2.24) is 10.2 Å². The molecule has 0 bridgehead atoms. The largest absolute Gasteiger partial charge is 0.358 e. The zero-order chi connectivity index (χ0) is 10.8. The summed E-state index contributed by atoms with van der Waals surface area (Å²) in [4.78, 5) is 6.83. The first-order valence-corrected chi connectivity index (χ1v) is 5.99. The average molecular weight is 215 g/mol. The summed E-state index contributed by atoms with van der Waals surface area (Å²) < 4.78 is 0. The van der Waals surface area contributed by atoms with E-state index in [9.17, 15) is 0 Å². The van der Waals surface area contributed by atoms with Crippen LogP contribution in [0.2, 0.25) is 0 Å². The van der Waals surface area contributed by atoms with Gasteiger partial charge in [0.25, 0.3) is 0 Å². The zero-order valence-corrected chi connectivity index (χ0v) is 9.39. The molecule has 3 heteroatoms. The van der Waals surface area contributed by atoms with Crippen molar-refractivity contribution in [1.29, 1.82) is 0 Å². The van der Waals surface area contributed by atoms with Crippen molar-refractivity contribution in [3.8, 4) is 0 Å². The molecule has 3 rings (SSSR count). The van der Waals surface area contributed by atoms with E-state index in [0.29, 0.717) is 0 Å². The number of fused-ring (bicyclic) bond motifs is 1.